The smallest absolute Gasteiger partial charge is 0.257 e. The molecule has 0 spiro atoms. The minimum atomic E-state index is -0.296. The van der Waals surface area contributed by atoms with E-state index in [-0.39, 0.29) is 5.91 Å². The van der Waals surface area contributed by atoms with Gasteiger partial charge < -0.3 is 10.5 Å². The van der Waals surface area contributed by atoms with Crippen molar-refractivity contribution < 1.29 is 10.0 Å². The first-order valence-corrected chi connectivity index (χ1v) is 9.62. The summed E-state index contributed by atoms with van der Waals surface area (Å²) in [5.41, 5.74) is 3.11. The molecular weight excluding hydrogens is 406 g/mol. The molecule has 0 atom stereocenters. The van der Waals surface area contributed by atoms with E-state index in [1.165, 1.54) is 6.20 Å². The third kappa shape index (κ3) is 3.42. The number of hydrogen-bond acceptors (Lipinski definition) is 6. The van der Waals surface area contributed by atoms with E-state index in [0.717, 1.165) is 4.73 Å². The van der Waals surface area contributed by atoms with Crippen LogP contribution in [0.5, 0.6) is 0 Å². The van der Waals surface area contributed by atoms with Crippen molar-refractivity contribution in [2.24, 2.45) is 0 Å². The van der Waals surface area contributed by atoms with E-state index < -0.39 is 0 Å². The number of nitriles is 1. The molecule has 0 aliphatic carbocycles. The van der Waals surface area contributed by atoms with Gasteiger partial charge >= 0.3 is 0 Å². The number of benzene rings is 2. The Morgan fingerprint density at radius 3 is 2.62 bits per heavy atom. The summed E-state index contributed by atoms with van der Waals surface area (Å²) in [4.78, 5) is 21.2. The number of hydrogen-bond donors (Lipinski definition) is 2. The summed E-state index contributed by atoms with van der Waals surface area (Å²) in [5, 5.41) is 26.5. The maximum Gasteiger partial charge on any atom is 0.257 e. The van der Waals surface area contributed by atoms with Crippen molar-refractivity contribution in [3.63, 3.8) is 0 Å². The average Bonchev–Trinajstić information content (AvgIpc) is 3.48. The number of carbonyl (C=O) groups is 1. The van der Waals surface area contributed by atoms with Crippen LogP contribution in [0.25, 0.3) is 28.2 Å². The zero-order chi connectivity index (χ0) is 22.1. The molecule has 3 heterocycles. The van der Waals surface area contributed by atoms with Crippen LogP contribution >= 0.6 is 0 Å². The number of fused-ring (bicyclic) bond motifs is 1. The Labute approximate surface area is 181 Å². The first kappa shape index (κ1) is 19.0. The lowest BCUT2D eigenvalue weighted by Crippen LogP contribution is -2.12. The summed E-state index contributed by atoms with van der Waals surface area (Å²) < 4.78 is 2.56. The lowest BCUT2D eigenvalue weighted by Gasteiger charge is -2.07. The van der Waals surface area contributed by atoms with Crippen molar-refractivity contribution in [3.8, 4) is 23.3 Å². The van der Waals surface area contributed by atoms with E-state index in [1.54, 1.807) is 77.7 Å². The van der Waals surface area contributed by atoms with Crippen molar-refractivity contribution in [2.75, 3.05) is 5.32 Å². The molecule has 9 nitrogen and oxygen atoms in total. The molecule has 5 rings (SSSR count). The van der Waals surface area contributed by atoms with Crippen LogP contribution in [0.4, 0.5) is 5.69 Å². The highest BCUT2D eigenvalue weighted by atomic mass is 16.5. The van der Waals surface area contributed by atoms with E-state index in [9.17, 15) is 10.0 Å². The van der Waals surface area contributed by atoms with Gasteiger partial charge in [0.1, 0.15) is 5.52 Å². The van der Waals surface area contributed by atoms with E-state index in [0.29, 0.717) is 45.1 Å². The minimum absolute atomic E-state index is 0.296. The molecule has 0 saturated carbocycles. The summed E-state index contributed by atoms with van der Waals surface area (Å²) in [7, 11) is 0. The van der Waals surface area contributed by atoms with Crippen molar-refractivity contribution in [2.45, 2.75) is 0 Å². The second kappa shape index (κ2) is 7.70. The van der Waals surface area contributed by atoms with Gasteiger partial charge in [-0.15, -0.1) is 0 Å². The molecule has 32 heavy (non-hydrogen) atoms. The van der Waals surface area contributed by atoms with Crippen molar-refractivity contribution in [1.82, 2.24) is 24.5 Å². The highest BCUT2D eigenvalue weighted by Gasteiger charge is 2.13. The van der Waals surface area contributed by atoms with Gasteiger partial charge in [-0.1, -0.05) is 0 Å². The van der Waals surface area contributed by atoms with E-state index in [2.05, 4.69) is 20.4 Å². The largest absolute Gasteiger partial charge is 0.426 e. The molecule has 0 bridgehead atoms. The lowest BCUT2D eigenvalue weighted by atomic mass is 10.2. The Morgan fingerprint density at radius 1 is 1.09 bits per heavy atom. The van der Waals surface area contributed by atoms with E-state index in [4.69, 9.17) is 5.26 Å². The zero-order valence-electron chi connectivity index (χ0n) is 16.5. The molecule has 5 aromatic rings. The number of aromatic nitrogens is 5. The summed E-state index contributed by atoms with van der Waals surface area (Å²) in [6.45, 7) is 0. The average molecular weight is 421 g/mol. The summed E-state index contributed by atoms with van der Waals surface area (Å²) in [6, 6.07) is 19.1. The Hall–Kier alpha value is -4.97. The minimum Gasteiger partial charge on any atom is -0.426 e. The van der Waals surface area contributed by atoms with Gasteiger partial charge in [-0.25, -0.2) is 14.6 Å². The van der Waals surface area contributed by atoms with E-state index in [1.807, 2.05) is 6.07 Å². The number of pyridine rings is 1. The molecule has 0 unspecified atom stereocenters. The van der Waals surface area contributed by atoms with Crippen molar-refractivity contribution >= 4 is 22.6 Å². The van der Waals surface area contributed by atoms with Gasteiger partial charge in [0, 0.05) is 29.8 Å². The van der Waals surface area contributed by atoms with Crippen LogP contribution in [0.15, 0.2) is 79.3 Å². The quantitative estimate of drug-likeness (QED) is 0.427. The summed E-state index contributed by atoms with van der Waals surface area (Å²) >= 11 is 0. The van der Waals surface area contributed by atoms with Gasteiger partial charge in [0.25, 0.3) is 5.91 Å². The van der Waals surface area contributed by atoms with Crippen LogP contribution in [-0.2, 0) is 0 Å². The fourth-order valence-electron chi connectivity index (χ4n) is 3.29. The van der Waals surface area contributed by atoms with Crippen LogP contribution in [-0.4, -0.2) is 35.6 Å². The first-order chi connectivity index (χ1) is 15.6. The maximum absolute atomic E-state index is 12.5. The van der Waals surface area contributed by atoms with Gasteiger partial charge in [-0.3, -0.25) is 4.79 Å². The maximum atomic E-state index is 12.5. The van der Waals surface area contributed by atoms with Gasteiger partial charge in [-0.05, 0) is 60.7 Å². The third-order valence-corrected chi connectivity index (χ3v) is 4.91. The van der Waals surface area contributed by atoms with Crippen molar-refractivity contribution in [3.05, 3.63) is 90.4 Å². The SMILES string of the molecule is N#Cc1ccc2nc(-c3ccc(NC(=O)c4ccc(-n5cccn5)nc4)cc3)n(O)c2c1. The monoisotopic (exact) mass is 421 g/mol. The normalized spacial score (nSPS) is 10.7. The highest BCUT2D eigenvalue weighted by Crippen LogP contribution is 2.25. The van der Waals surface area contributed by atoms with Crippen LogP contribution in [0, 0.1) is 11.3 Å². The fourth-order valence-corrected chi connectivity index (χ4v) is 3.29. The number of nitrogens with zero attached hydrogens (tertiary/aromatic N) is 6. The molecule has 0 saturated heterocycles. The lowest BCUT2D eigenvalue weighted by molar-refractivity contribution is 0.102. The van der Waals surface area contributed by atoms with Crippen LogP contribution in [0.2, 0.25) is 0 Å². The number of carbonyl (C=O) groups excluding carboxylic acids is 1. The number of anilines is 1. The number of imidazole rings is 1. The Bertz CT molecular complexity index is 1460. The second-order valence-electron chi connectivity index (χ2n) is 6.95. The standard InChI is InChI=1S/C23H15N7O2/c24-13-15-2-8-19-20(12-15)30(32)22(28-19)16-3-6-18(7-4-16)27-23(31)17-5-9-21(25-14-17)29-11-1-10-26-29/h1-12,14,32H,(H,27,31). The van der Waals surface area contributed by atoms with Crippen molar-refractivity contribution in [1.29, 1.82) is 5.26 Å². The Kier molecular flexibility index (Phi) is 4.58. The summed E-state index contributed by atoms with van der Waals surface area (Å²) in [6.07, 6.45) is 4.92. The Morgan fingerprint density at radius 2 is 1.94 bits per heavy atom. The van der Waals surface area contributed by atoms with E-state index >= 15 is 0 Å². The predicted octanol–water partition coefficient (Wildman–Crippen LogP) is 3.65. The molecule has 2 aromatic carbocycles. The predicted molar refractivity (Wildman–Crippen MR) is 116 cm³/mol. The zero-order valence-corrected chi connectivity index (χ0v) is 16.5. The molecule has 0 fully saturated rings. The molecule has 0 aliphatic rings. The molecule has 154 valence electrons. The molecule has 9 heteroatoms. The molecular formula is C23H15N7O2. The molecule has 1 amide bonds. The first-order valence-electron chi connectivity index (χ1n) is 9.62. The molecule has 2 N–H and O–H groups in total. The number of nitrogens with one attached hydrogen (secondary N) is 1. The van der Waals surface area contributed by atoms with Crippen LogP contribution in [0.3, 0.4) is 0 Å². The highest BCUT2D eigenvalue weighted by molar-refractivity contribution is 6.04. The molecule has 0 radical (unpaired) electrons. The topological polar surface area (TPSA) is 122 Å². The second-order valence-corrected chi connectivity index (χ2v) is 6.95. The van der Waals surface area contributed by atoms with Gasteiger partial charge in [-0.2, -0.15) is 15.1 Å². The van der Waals surface area contributed by atoms with Crippen LogP contribution < -0.4 is 5.32 Å². The number of amides is 1. The Balaban J connectivity index is 1.34. The molecule has 3 aromatic heterocycles. The van der Waals surface area contributed by atoms with Crippen LogP contribution in [0.1, 0.15) is 15.9 Å². The summed E-state index contributed by atoms with van der Waals surface area (Å²) in [5.74, 6) is 0.659. The van der Waals surface area contributed by atoms with Gasteiger partial charge in [0.15, 0.2) is 11.6 Å². The fraction of sp³-hybridized carbons (Fsp3) is 0. The third-order valence-electron chi connectivity index (χ3n) is 4.91. The van der Waals surface area contributed by atoms with Gasteiger partial charge in [0.2, 0.25) is 0 Å². The molecule has 0 aliphatic heterocycles. The number of rotatable bonds is 4. The van der Waals surface area contributed by atoms with Gasteiger partial charge in [0.05, 0.1) is 22.7 Å².